The Balaban J connectivity index is 2.37. The van der Waals surface area contributed by atoms with Crippen LogP contribution >= 0.6 is 0 Å². The van der Waals surface area contributed by atoms with Crippen LogP contribution in [0, 0.1) is 5.92 Å². The predicted molar refractivity (Wildman–Crippen MR) is 54.1 cm³/mol. The summed E-state index contributed by atoms with van der Waals surface area (Å²) in [5, 5.41) is 0. The summed E-state index contributed by atoms with van der Waals surface area (Å²) < 4.78 is 5.33. The van der Waals surface area contributed by atoms with E-state index in [1.807, 2.05) is 0 Å². The van der Waals surface area contributed by atoms with Crippen molar-refractivity contribution in [1.82, 2.24) is 5.43 Å². The molecule has 1 rings (SSSR count). The quantitative estimate of drug-likeness (QED) is 0.383. The molecule has 2 atom stereocenters. The lowest BCUT2D eigenvalue weighted by Gasteiger charge is -2.21. The Morgan fingerprint density at radius 1 is 1.77 bits per heavy atom. The van der Waals surface area contributed by atoms with Crippen molar-refractivity contribution in [3.63, 3.8) is 0 Å². The van der Waals surface area contributed by atoms with Gasteiger partial charge in [-0.3, -0.25) is 11.3 Å². The first-order valence-electron chi connectivity index (χ1n) is 4.98. The van der Waals surface area contributed by atoms with Gasteiger partial charge in [-0.15, -0.1) is 0 Å². The first-order chi connectivity index (χ1) is 6.27. The van der Waals surface area contributed by atoms with Crippen LogP contribution in [0.4, 0.5) is 0 Å². The highest BCUT2D eigenvalue weighted by Gasteiger charge is 2.24. The van der Waals surface area contributed by atoms with Crippen LogP contribution in [0.1, 0.15) is 26.2 Å². The molecular formula is C10H20N2O. The van der Waals surface area contributed by atoms with Crippen LogP contribution in [0.3, 0.4) is 0 Å². The molecule has 0 amide bonds. The van der Waals surface area contributed by atoms with Gasteiger partial charge in [0.05, 0.1) is 6.61 Å². The second-order valence-electron chi connectivity index (χ2n) is 3.70. The fourth-order valence-electron chi connectivity index (χ4n) is 1.69. The van der Waals surface area contributed by atoms with Crippen LogP contribution in [0.15, 0.2) is 12.2 Å². The number of nitrogens with two attached hydrogens (primary N) is 1. The SMILES string of the molecule is C=C(CC)CC(NN)C1CCOC1. The molecule has 1 aliphatic heterocycles. The Bertz CT molecular complexity index is 164. The van der Waals surface area contributed by atoms with Crippen LogP contribution in [0.2, 0.25) is 0 Å². The molecular weight excluding hydrogens is 164 g/mol. The van der Waals surface area contributed by atoms with Gasteiger partial charge in [-0.05, 0) is 19.3 Å². The molecule has 3 nitrogen and oxygen atoms in total. The minimum absolute atomic E-state index is 0.343. The molecule has 0 aromatic rings. The molecule has 1 saturated heterocycles. The zero-order valence-electron chi connectivity index (χ0n) is 8.38. The maximum absolute atomic E-state index is 5.51. The molecule has 76 valence electrons. The summed E-state index contributed by atoms with van der Waals surface area (Å²) in [6.45, 7) is 7.84. The molecule has 2 unspecified atom stereocenters. The number of nitrogens with one attached hydrogen (secondary N) is 1. The van der Waals surface area contributed by atoms with Gasteiger partial charge >= 0.3 is 0 Å². The monoisotopic (exact) mass is 184 g/mol. The zero-order chi connectivity index (χ0) is 9.68. The molecule has 0 radical (unpaired) electrons. The van der Waals surface area contributed by atoms with Crippen molar-refractivity contribution in [2.24, 2.45) is 11.8 Å². The molecule has 3 N–H and O–H groups in total. The number of rotatable bonds is 5. The lowest BCUT2D eigenvalue weighted by Crippen LogP contribution is -2.41. The number of hydrogen-bond acceptors (Lipinski definition) is 3. The Labute approximate surface area is 80.3 Å². The molecule has 0 aromatic carbocycles. The third-order valence-electron chi connectivity index (χ3n) is 2.76. The summed E-state index contributed by atoms with van der Waals surface area (Å²) in [4.78, 5) is 0. The van der Waals surface area contributed by atoms with E-state index in [4.69, 9.17) is 10.6 Å². The Hall–Kier alpha value is -0.380. The number of hydrazine groups is 1. The summed E-state index contributed by atoms with van der Waals surface area (Å²) in [5.74, 6) is 6.07. The van der Waals surface area contributed by atoms with Crippen LogP contribution < -0.4 is 11.3 Å². The topological polar surface area (TPSA) is 47.3 Å². The molecule has 0 spiro atoms. The summed E-state index contributed by atoms with van der Waals surface area (Å²) in [5.41, 5.74) is 4.13. The lowest BCUT2D eigenvalue weighted by molar-refractivity contribution is 0.176. The van der Waals surface area contributed by atoms with Crippen molar-refractivity contribution in [2.45, 2.75) is 32.2 Å². The highest BCUT2D eigenvalue weighted by atomic mass is 16.5. The minimum Gasteiger partial charge on any atom is -0.381 e. The molecule has 1 fully saturated rings. The Morgan fingerprint density at radius 2 is 2.54 bits per heavy atom. The fourth-order valence-corrected chi connectivity index (χ4v) is 1.69. The van der Waals surface area contributed by atoms with E-state index in [2.05, 4.69) is 18.9 Å². The van der Waals surface area contributed by atoms with Crippen molar-refractivity contribution in [2.75, 3.05) is 13.2 Å². The summed E-state index contributed by atoms with van der Waals surface area (Å²) in [6.07, 6.45) is 3.12. The van der Waals surface area contributed by atoms with Crippen molar-refractivity contribution in [1.29, 1.82) is 0 Å². The standard InChI is InChI=1S/C10H20N2O/c1-3-8(2)6-10(12-11)9-4-5-13-7-9/h9-10,12H,2-7,11H2,1H3. The van der Waals surface area contributed by atoms with Crippen LogP contribution in [0.25, 0.3) is 0 Å². The van der Waals surface area contributed by atoms with E-state index in [0.29, 0.717) is 12.0 Å². The molecule has 1 aliphatic rings. The second-order valence-corrected chi connectivity index (χ2v) is 3.70. The van der Waals surface area contributed by atoms with E-state index in [-0.39, 0.29) is 0 Å². The normalized spacial score (nSPS) is 24.6. The lowest BCUT2D eigenvalue weighted by atomic mass is 9.93. The zero-order valence-corrected chi connectivity index (χ0v) is 8.38. The largest absolute Gasteiger partial charge is 0.381 e. The molecule has 0 aromatic heterocycles. The average Bonchev–Trinajstić information content (AvgIpc) is 2.66. The van der Waals surface area contributed by atoms with Gasteiger partial charge in [-0.2, -0.15) is 0 Å². The minimum atomic E-state index is 0.343. The third-order valence-corrected chi connectivity index (χ3v) is 2.76. The van der Waals surface area contributed by atoms with Crippen molar-refractivity contribution >= 4 is 0 Å². The number of hydrogen-bond donors (Lipinski definition) is 2. The van der Waals surface area contributed by atoms with Crippen LogP contribution in [-0.4, -0.2) is 19.3 Å². The molecule has 1 heterocycles. The van der Waals surface area contributed by atoms with Gasteiger partial charge in [0.2, 0.25) is 0 Å². The maximum Gasteiger partial charge on any atom is 0.0510 e. The maximum atomic E-state index is 5.51. The second kappa shape index (κ2) is 5.37. The number of ether oxygens (including phenoxy) is 1. The smallest absolute Gasteiger partial charge is 0.0510 e. The van der Waals surface area contributed by atoms with Gasteiger partial charge in [0, 0.05) is 18.6 Å². The summed E-state index contributed by atoms with van der Waals surface area (Å²) >= 11 is 0. The van der Waals surface area contributed by atoms with E-state index in [1.54, 1.807) is 0 Å². The first kappa shape index (κ1) is 10.7. The van der Waals surface area contributed by atoms with E-state index in [9.17, 15) is 0 Å². The van der Waals surface area contributed by atoms with E-state index in [0.717, 1.165) is 32.5 Å². The third kappa shape index (κ3) is 3.10. The highest BCUT2D eigenvalue weighted by Crippen LogP contribution is 2.21. The van der Waals surface area contributed by atoms with Gasteiger partial charge in [-0.25, -0.2) is 0 Å². The van der Waals surface area contributed by atoms with Crippen LogP contribution in [0.5, 0.6) is 0 Å². The van der Waals surface area contributed by atoms with E-state index < -0.39 is 0 Å². The first-order valence-corrected chi connectivity index (χ1v) is 4.98. The molecule has 0 saturated carbocycles. The van der Waals surface area contributed by atoms with Crippen molar-refractivity contribution in [3.8, 4) is 0 Å². The molecule has 13 heavy (non-hydrogen) atoms. The fraction of sp³-hybridized carbons (Fsp3) is 0.800. The molecule has 3 heteroatoms. The van der Waals surface area contributed by atoms with Gasteiger partial charge in [0.1, 0.15) is 0 Å². The van der Waals surface area contributed by atoms with Gasteiger partial charge < -0.3 is 4.74 Å². The molecule has 0 aliphatic carbocycles. The highest BCUT2D eigenvalue weighted by molar-refractivity contribution is 4.98. The summed E-state index contributed by atoms with van der Waals surface area (Å²) in [7, 11) is 0. The van der Waals surface area contributed by atoms with Crippen molar-refractivity contribution in [3.05, 3.63) is 12.2 Å². The average molecular weight is 184 g/mol. The van der Waals surface area contributed by atoms with Gasteiger partial charge in [0.15, 0.2) is 0 Å². The van der Waals surface area contributed by atoms with Crippen LogP contribution in [-0.2, 0) is 4.74 Å². The van der Waals surface area contributed by atoms with Gasteiger partial charge in [-0.1, -0.05) is 19.1 Å². The van der Waals surface area contributed by atoms with Gasteiger partial charge in [0.25, 0.3) is 0 Å². The predicted octanol–water partition coefficient (Wildman–Crippen LogP) is 1.21. The Morgan fingerprint density at radius 3 is 3.00 bits per heavy atom. The summed E-state index contributed by atoms with van der Waals surface area (Å²) in [6, 6.07) is 0.343. The van der Waals surface area contributed by atoms with E-state index in [1.165, 1.54) is 5.57 Å². The Kier molecular flexibility index (Phi) is 4.42. The van der Waals surface area contributed by atoms with Crippen molar-refractivity contribution < 1.29 is 4.74 Å². The van der Waals surface area contributed by atoms with E-state index >= 15 is 0 Å². The molecule has 0 bridgehead atoms.